The van der Waals surface area contributed by atoms with Crippen LogP contribution in [0.15, 0.2) is 48.8 Å². The summed E-state index contributed by atoms with van der Waals surface area (Å²) in [4.78, 5) is 32.3. The zero-order chi connectivity index (χ0) is 20.5. The highest BCUT2D eigenvalue weighted by atomic mass is 16.3. The summed E-state index contributed by atoms with van der Waals surface area (Å²) in [6.45, 7) is 1.93. The van der Waals surface area contributed by atoms with Crippen LogP contribution in [0.1, 0.15) is 31.2 Å². The number of likely N-dealkylation sites (tertiary alicyclic amines) is 1. The topological polar surface area (TPSA) is 73.7 Å². The molecule has 2 fully saturated rings. The lowest BCUT2D eigenvalue weighted by molar-refractivity contribution is -0.155. The first-order valence-corrected chi connectivity index (χ1v) is 10.2. The van der Waals surface area contributed by atoms with Crippen molar-refractivity contribution in [2.75, 3.05) is 20.2 Å². The number of rotatable bonds is 6. The molecule has 2 heterocycles. The molecule has 152 valence electrons. The number of aliphatic hydroxyl groups is 1. The Hall–Kier alpha value is -2.73. The summed E-state index contributed by atoms with van der Waals surface area (Å²) >= 11 is 0. The van der Waals surface area contributed by atoms with Crippen LogP contribution in [0.5, 0.6) is 0 Å². The van der Waals surface area contributed by atoms with Gasteiger partial charge in [-0.2, -0.15) is 0 Å². The van der Waals surface area contributed by atoms with E-state index in [0.29, 0.717) is 6.54 Å². The van der Waals surface area contributed by atoms with Crippen molar-refractivity contribution >= 4 is 11.8 Å². The first-order valence-electron chi connectivity index (χ1n) is 10.2. The van der Waals surface area contributed by atoms with E-state index in [4.69, 9.17) is 0 Å². The number of aliphatic hydroxyl groups excluding tert-OH is 1. The van der Waals surface area contributed by atoms with Gasteiger partial charge in [-0.1, -0.05) is 30.3 Å². The third-order valence-electron chi connectivity index (χ3n) is 6.20. The standard InChI is InChI=1S/C23H27N3O3/c1-15(28)25(2)13-20-22(21(14-27)26(20)23(29)18-9-10-18)17-7-5-16(6-8-17)19-4-3-11-24-12-19/h3-8,11-12,18,20-22,27H,9-10,13-14H2,1-2H3/t20-,21+,22-/m1/s1. The molecule has 1 aliphatic carbocycles. The molecule has 3 atom stereocenters. The second kappa shape index (κ2) is 7.95. The Labute approximate surface area is 171 Å². The van der Waals surface area contributed by atoms with Crippen LogP contribution in [0.2, 0.25) is 0 Å². The number of likely N-dealkylation sites (N-methyl/N-ethyl adjacent to an activating group) is 1. The van der Waals surface area contributed by atoms with E-state index in [1.165, 1.54) is 6.92 Å². The lowest BCUT2D eigenvalue weighted by atomic mass is 9.74. The molecule has 1 saturated carbocycles. The molecule has 2 aromatic rings. The van der Waals surface area contributed by atoms with Crippen molar-refractivity contribution in [1.82, 2.24) is 14.8 Å². The Balaban J connectivity index is 1.60. The Kier molecular flexibility index (Phi) is 5.37. The van der Waals surface area contributed by atoms with Crippen molar-refractivity contribution in [1.29, 1.82) is 0 Å². The van der Waals surface area contributed by atoms with Crippen LogP contribution in [0.3, 0.4) is 0 Å². The number of nitrogens with zero attached hydrogens (tertiary/aromatic N) is 3. The molecule has 2 aliphatic rings. The van der Waals surface area contributed by atoms with E-state index >= 15 is 0 Å². The Morgan fingerprint density at radius 1 is 1.14 bits per heavy atom. The van der Waals surface area contributed by atoms with E-state index in [0.717, 1.165) is 29.5 Å². The van der Waals surface area contributed by atoms with Crippen LogP contribution in [-0.2, 0) is 9.59 Å². The molecule has 6 heteroatoms. The fourth-order valence-electron chi connectivity index (χ4n) is 4.30. The minimum atomic E-state index is -0.238. The maximum atomic E-state index is 12.8. The zero-order valence-electron chi connectivity index (χ0n) is 16.9. The fourth-order valence-corrected chi connectivity index (χ4v) is 4.30. The number of amides is 2. The SMILES string of the molecule is CC(=O)N(C)C[C@@H]1[C@@H](c2ccc(-c3cccnc3)cc2)[C@H](CO)N1C(=O)C1CC1. The van der Waals surface area contributed by atoms with Gasteiger partial charge in [0.25, 0.3) is 0 Å². The molecule has 0 spiro atoms. The summed E-state index contributed by atoms with van der Waals surface area (Å²) < 4.78 is 0. The van der Waals surface area contributed by atoms with Crippen molar-refractivity contribution in [3.05, 3.63) is 54.4 Å². The van der Waals surface area contributed by atoms with Crippen LogP contribution in [-0.4, -0.2) is 64.0 Å². The molecule has 1 saturated heterocycles. The van der Waals surface area contributed by atoms with Crippen molar-refractivity contribution in [3.8, 4) is 11.1 Å². The normalized spacial score (nSPS) is 23.4. The molecule has 1 N–H and O–H groups in total. The van der Waals surface area contributed by atoms with Crippen LogP contribution in [0, 0.1) is 5.92 Å². The minimum absolute atomic E-state index is 0.00690. The summed E-state index contributed by atoms with van der Waals surface area (Å²) in [5, 5.41) is 10.1. The Morgan fingerprint density at radius 2 is 1.86 bits per heavy atom. The molecule has 4 rings (SSSR count). The van der Waals surface area contributed by atoms with E-state index < -0.39 is 0 Å². The Bertz CT molecular complexity index is 880. The summed E-state index contributed by atoms with van der Waals surface area (Å²) in [6, 6.07) is 11.8. The van der Waals surface area contributed by atoms with Crippen LogP contribution >= 0.6 is 0 Å². The van der Waals surface area contributed by atoms with Crippen molar-refractivity contribution in [2.45, 2.75) is 37.8 Å². The smallest absolute Gasteiger partial charge is 0.226 e. The molecule has 0 radical (unpaired) electrons. The second-order valence-electron chi connectivity index (χ2n) is 8.13. The van der Waals surface area contributed by atoms with Crippen molar-refractivity contribution < 1.29 is 14.7 Å². The van der Waals surface area contributed by atoms with Gasteiger partial charge in [-0.15, -0.1) is 0 Å². The highest BCUT2D eigenvalue weighted by Crippen LogP contribution is 2.45. The Morgan fingerprint density at radius 3 is 2.41 bits per heavy atom. The van der Waals surface area contributed by atoms with Gasteiger partial charge in [0.15, 0.2) is 0 Å². The third-order valence-corrected chi connectivity index (χ3v) is 6.20. The second-order valence-corrected chi connectivity index (χ2v) is 8.13. The fraction of sp³-hybridized carbons (Fsp3) is 0.435. The number of hydrogen-bond acceptors (Lipinski definition) is 4. The number of carbonyl (C=O) groups is 2. The number of pyridine rings is 1. The van der Waals surface area contributed by atoms with Gasteiger partial charge in [0.1, 0.15) is 0 Å². The molecule has 0 unspecified atom stereocenters. The molecule has 0 bridgehead atoms. The number of carbonyl (C=O) groups excluding carboxylic acids is 2. The van der Waals surface area contributed by atoms with Crippen LogP contribution in [0.25, 0.3) is 11.1 Å². The van der Waals surface area contributed by atoms with E-state index in [2.05, 4.69) is 29.2 Å². The van der Waals surface area contributed by atoms with E-state index in [1.54, 1.807) is 18.1 Å². The predicted molar refractivity (Wildman–Crippen MR) is 110 cm³/mol. The summed E-state index contributed by atoms with van der Waals surface area (Å²) in [5.74, 6) is 0.187. The van der Waals surface area contributed by atoms with Gasteiger partial charge in [-0.3, -0.25) is 14.6 Å². The maximum absolute atomic E-state index is 12.8. The maximum Gasteiger partial charge on any atom is 0.226 e. The van der Waals surface area contributed by atoms with E-state index in [-0.39, 0.29) is 42.3 Å². The molecular formula is C23H27N3O3. The predicted octanol–water partition coefficient (Wildman–Crippen LogP) is 2.29. The zero-order valence-corrected chi connectivity index (χ0v) is 16.9. The van der Waals surface area contributed by atoms with Crippen molar-refractivity contribution in [3.63, 3.8) is 0 Å². The van der Waals surface area contributed by atoms with E-state index in [1.807, 2.05) is 23.2 Å². The number of aromatic nitrogens is 1. The van der Waals surface area contributed by atoms with Gasteiger partial charge in [0, 0.05) is 44.7 Å². The van der Waals surface area contributed by atoms with Gasteiger partial charge in [-0.25, -0.2) is 0 Å². The monoisotopic (exact) mass is 393 g/mol. The van der Waals surface area contributed by atoms with Crippen LogP contribution < -0.4 is 0 Å². The molecule has 6 nitrogen and oxygen atoms in total. The van der Waals surface area contributed by atoms with Gasteiger partial charge >= 0.3 is 0 Å². The highest BCUT2D eigenvalue weighted by Gasteiger charge is 2.53. The first kappa shape index (κ1) is 19.6. The summed E-state index contributed by atoms with van der Waals surface area (Å²) in [6.07, 6.45) is 5.43. The van der Waals surface area contributed by atoms with Crippen molar-refractivity contribution in [2.24, 2.45) is 5.92 Å². The van der Waals surface area contributed by atoms with Gasteiger partial charge in [0.05, 0.1) is 18.7 Å². The number of hydrogen-bond donors (Lipinski definition) is 1. The molecule has 29 heavy (non-hydrogen) atoms. The highest BCUT2D eigenvalue weighted by molar-refractivity contribution is 5.83. The lowest BCUT2D eigenvalue weighted by Gasteiger charge is -2.56. The molecule has 1 aliphatic heterocycles. The van der Waals surface area contributed by atoms with Gasteiger partial charge < -0.3 is 14.9 Å². The largest absolute Gasteiger partial charge is 0.394 e. The molecule has 1 aromatic heterocycles. The summed E-state index contributed by atoms with van der Waals surface area (Å²) in [5.41, 5.74) is 3.20. The molecule has 2 amide bonds. The first-order chi connectivity index (χ1) is 14.0. The third kappa shape index (κ3) is 3.77. The average Bonchev–Trinajstić information content (AvgIpc) is 3.57. The number of benzene rings is 1. The van der Waals surface area contributed by atoms with Crippen LogP contribution in [0.4, 0.5) is 0 Å². The lowest BCUT2D eigenvalue weighted by Crippen LogP contribution is -2.68. The van der Waals surface area contributed by atoms with Gasteiger partial charge in [-0.05, 0) is 35.6 Å². The minimum Gasteiger partial charge on any atom is -0.394 e. The quantitative estimate of drug-likeness (QED) is 0.817. The van der Waals surface area contributed by atoms with Gasteiger partial charge in [0.2, 0.25) is 11.8 Å². The summed E-state index contributed by atoms with van der Waals surface area (Å²) in [7, 11) is 1.76. The molecular weight excluding hydrogens is 366 g/mol. The average molecular weight is 393 g/mol. The van der Waals surface area contributed by atoms with E-state index in [9.17, 15) is 14.7 Å². The molecule has 1 aromatic carbocycles.